The summed E-state index contributed by atoms with van der Waals surface area (Å²) < 4.78 is 5.17. The molecule has 2 bridgehead atoms. The van der Waals surface area contributed by atoms with E-state index in [1.807, 2.05) is 0 Å². The quantitative estimate of drug-likeness (QED) is 0.757. The van der Waals surface area contributed by atoms with Gasteiger partial charge in [0.05, 0.1) is 13.2 Å². The highest BCUT2D eigenvalue weighted by molar-refractivity contribution is 5.92. The Bertz CT molecular complexity index is 281. The third kappa shape index (κ3) is 1.51. The molecule has 1 N–H and O–H groups in total. The van der Waals surface area contributed by atoms with Gasteiger partial charge < -0.3 is 9.84 Å². The maximum atomic E-state index is 12.3. The van der Waals surface area contributed by atoms with Crippen LogP contribution in [0, 0.1) is 5.92 Å². The van der Waals surface area contributed by atoms with Crippen molar-refractivity contribution in [2.24, 2.45) is 5.92 Å². The molecule has 3 rings (SSSR count). The van der Waals surface area contributed by atoms with Crippen LogP contribution in [0.2, 0.25) is 0 Å². The van der Waals surface area contributed by atoms with E-state index in [1.165, 1.54) is 0 Å². The second-order valence-electron chi connectivity index (χ2n) is 4.96. The normalized spacial score (nSPS) is 42.7. The number of nitrogens with zero attached hydrogens (tertiary/aromatic N) is 1. The van der Waals surface area contributed by atoms with E-state index in [2.05, 4.69) is 11.8 Å². The molecule has 3 saturated heterocycles. The Morgan fingerprint density at radius 1 is 1.62 bits per heavy atom. The summed E-state index contributed by atoms with van der Waals surface area (Å²) >= 11 is 0. The molecule has 0 aromatic rings. The number of hydrogen-bond donors (Lipinski definition) is 1. The van der Waals surface area contributed by atoms with Crippen LogP contribution in [-0.2, 0) is 9.53 Å². The number of methoxy groups -OCH3 is 1. The van der Waals surface area contributed by atoms with Gasteiger partial charge in [-0.15, -0.1) is 0 Å². The molecule has 3 heterocycles. The van der Waals surface area contributed by atoms with Crippen LogP contribution in [0.4, 0.5) is 0 Å². The maximum absolute atomic E-state index is 12.3. The molecule has 0 aromatic carbocycles. The van der Waals surface area contributed by atoms with Gasteiger partial charge in [-0.1, -0.05) is 6.92 Å². The van der Waals surface area contributed by atoms with Crippen LogP contribution >= 0.6 is 0 Å². The zero-order valence-corrected chi connectivity index (χ0v) is 10.1. The lowest BCUT2D eigenvalue weighted by Gasteiger charge is -2.55. The van der Waals surface area contributed by atoms with Gasteiger partial charge in [0.2, 0.25) is 0 Å². The minimum Gasteiger partial charge on any atom is -0.394 e. The molecular formula is C12H21NO3. The molecule has 16 heavy (non-hydrogen) atoms. The Kier molecular flexibility index (Phi) is 3.33. The number of Topliss-reactive ketones (excluding diaryl/α,β-unsaturated/α-hetero) is 1. The number of rotatable bonds is 4. The second kappa shape index (κ2) is 4.43. The van der Waals surface area contributed by atoms with Crippen LogP contribution in [0.1, 0.15) is 26.2 Å². The predicted molar refractivity (Wildman–Crippen MR) is 60.2 cm³/mol. The van der Waals surface area contributed by atoms with Gasteiger partial charge in [0.1, 0.15) is 5.54 Å². The average Bonchev–Trinajstić information content (AvgIpc) is 2.33. The molecule has 3 aliphatic heterocycles. The van der Waals surface area contributed by atoms with Gasteiger partial charge in [0, 0.05) is 25.6 Å². The summed E-state index contributed by atoms with van der Waals surface area (Å²) in [5, 5.41) is 9.64. The van der Waals surface area contributed by atoms with Crippen LogP contribution < -0.4 is 0 Å². The first-order valence-electron chi connectivity index (χ1n) is 6.10. The fourth-order valence-corrected chi connectivity index (χ4v) is 3.37. The van der Waals surface area contributed by atoms with E-state index in [-0.39, 0.29) is 18.3 Å². The number of ether oxygens (including phenoxy) is 1. The summed E-state index contributed by atoms with van der Waals surface area (Å²) in [6, 6.07) is 0.429. The van der Waals surface area contributed by atoms with E-state index in [1.54, 1.807) is 7.11 Å². The third-order valence-electron chi connectivity index (χ3n) is 4.21. The van der Waals surface area contributed by atoms with Gasteiger partial charge in [0.15, 0.2) is 5.78 Å². The molecule has 1 unspecified atom stereocenters. The van der Waals surface area contributed by atoms with Crippen molar-refractivity contribution >= 4 is 5.78 Å². The summed E-state index contributed by atoms with van der Waals surface area (Å²) in [6.07, 6.45) is 2.94. The van der Waals surface area contributed by atoms with Crippen LogP contribution in [0.15, 0.2) is 0 Å². The minimum atomic E-state index is -0.753. The Morgan fingerprint density at radius 2 is 2.38 bits per heavy atom. The molecule has 0 saturated carbocycles. The number of carbonyl (C=O) groups is 1. The smallest absolute Gasteiger partial charge is 0.161 e. The van der Waals surface area contributed by atoms with Crippen molar-refractivity contribution in [3.8, 4) is 0 Å². The van der Waals surface area contributed by atoms with Gasteiger partial charge in [-0.05, 0) is 19.3 Å². The van der Waals surface area contributed by atoms with E-state index in [9.17, 15) is 9.90 Å². The van der Waals surface area contributed by atoms with Crippen LogP contribution in [-0.4, -0.2) is 54.2 Å². The Hall–Kier alpha value is -0.450. The fraction of sp³-hybridized carbons (Fsp3) is 0.917. The van der Waals surface area contributed by atoms with Crippen molar-refractivity contribution in [1.29, 1.82) is 0 Å². The molecule has 92 valence electrons. The van der Waals surface area contributed by atoms with Gasteiger partial charge in [-0.3, -0.25) is 9.69 Å². The molecule has 0 spiro atoms. The minimum absolute atomic E-state index is 0.118. The third-order valence-corrected chi connectivity index (χ3v) is 4.21. The highest BCUT2D eigenvalue weighted by atomic mass is 16.5. The number of aliphatic hydroxyl groups is 1. The van der Waals surface area contributed by atoms with E-state index in [0.29, 0.717) is 12.6 Å². The number of hydrogen-bond acceptors (Lipinski definition) is 4. The average molecular weight is 227 g/mol. The van der Waals surface area contributed by atoms with E-state index in [0.717, 1.165) is 25.8 Å². The number of carbonyl (C=O) groups excluding carboxylic acids is 1. The number of fused-ring (bicyclic) bond motifs is 3. The number of aliphatic hydroxyl groups excluding tert-OH is 1. The Balaban J connectivity index is 2.31. The summed E-state index contributed by atoms with van der Waals surface area (Å²) in [6.45, 7) is 3.26. The van der Waals surface area contributed by atoms with E-state index >= 15 is 0 Å². The predicted octanol–water partition coefficient (Wildman–Crippen LogP) is 0.437. The van der Waals surface area contributed by atoms with Crippen molar-refractivity contribution in [3.05, 3.63) is 0 Å². The Morgan fingerprint density at radius 3 is 2.94 bits per heavy atom. The maximum Gasteiger partial charge on any atom is 0.161 e. The molecule has 0 aromatic heterocycles. The molecule has 4 atom stereocenters. The molecule has 3 aliphatic rings. The lowest BCUT2D eigenvalue weighted by Crippen LogP contribution is -2.71. The lowest BCUT2D eigenvalue weighted by molar-refractivity contribution is -0.166. The first kappa shape index (κ1) is 12.0. The van der Waals surface area contributed by atoms with Gasteiger partial charge in [0.25, 0.3) is 0 Å². The second-order valence-corrected chi connectivity index (χ2v) is 4.96. The monoisotopic (exact) mass is 227 g/mol. The summed E-state index contributed by atoms with van der Waals surface area (Å²) in [4.78, 5) is 14.5. The zero-order valence-electron chi connectivity index (χ0n) is 10.1. The first-order chi connectivity index (χ1) is 7.69. The largest absolute Gasteiger partial charge is 0.394 e. The van der Waals surface area contributed by atoms with E-state index in [4.69, 9.17) is 4.74 Å². The van der Waals surface area contributed by atoms with Gasteiger partial charge in [-0.25, -0.2) is 0 Å². The molecular weight excluding hydrogens is 206 g/mol. The SMILES string of the molecule is CC[C@H]1C[C@@H]2CCN1[C@](CO)(COC)C2=O. The molecule has 4 heteroatoms. The summed E-state index contributed by atoms with van der Waals surface area (Å²) in [5.41, 5.74) is -0.753. The van der Waals surface area contributed by atoms with Crippen molar-refractivity contribution in [1.82, 2.24) is 4.90 Å². The van der Waals surface area contributed by atoms with Gasteiger partial charge >= 0.3 is 0 Å². The molecule has 0 radical (unpaired) electrons. The van der Waals surface area contributed by atoms with Crippen LogP contribution in [0.25, 0.3) is 0 Å². The van der Waals surface area contributed by atoms with Crippen molar-refractivity contribution in [2.45, 2.75) is 37.8 Å². The van der Waals surface area contributed by atoms with Gasteiger partial charge in [-0.2, -0.15) is 0 Å². The van der Waals surface area contributed by atoms with Crippen molar-refractivity contribution < 1.29 is 14.6 Å². The molecule has 4 nitrogen and oxygen atoms in total. The molecule has 0 aliphatic carbocycles. The molecule has 3 fully saturated rings. The highest BCUT2D eigenvalue weighted by Crippen LogP contribution is 2.40. The number of piperidine rings is 3. The standard InChI is InChI=1S/C12H21NO3/c1-3-10-6-9-4-5-13(10)12(7-14,8-16-2)11(9)15/h9-10,14H,3-8H2,1-2H3/t9-,10-,12+/m0/s1. The first-order valence-corrected chi connectivity index (χ1v) is 6.10. The summed E-state index contributed by atoms with van der Waals surface area (Å²) in [7, 11) is 1.59. The number of ketones is 1. The molecule has 0 amide bonds. The van der Waals surface area contributed by atoms with Crippen molar-refractivity contribution in [2.75, 3.05) is 26.9 Å². The summed E-state index contributed by atoms with van der Waals surface area (Å²) in [5.74, 6) is 0.324. The highest BCUT2D eigenvalue weighted by Gasteiger charge is 2.55. The lowest BCUT2D eigenvalue weighted by atomic mass is 9.70. The van der Waals surface area contributed by atoms with E-state index < -0.39 is 5.54 Å². The Labute approximate surface area is 96.6 Å². The van der Waals surface area contributed by atoms with Crippen LogP contribution in [0.5, 0.6) is 0 Å². The van der Waals surface area contributed by atoms with Crippen molar-refractivity contribution in [3.63, 3.8) is 0 Å². The zero-order chi connectivity index (χ0) is 11.8. The van der Waals surface area contributed by atoms with Crippen LogP contribution in [0.3, 0.4) is 0 Å². The topological polar surface area (TPSA) is 49.8 Å². The fourth-order valence-electron chi connectivity index (χ4n) is 3.37.